The van der Waals surface area contributed by atoms with Gasteiger partial charge in [-0.2, -0.15) is 5.21 Å². The first-order valence-electron chi connectivity index (χ1n) is 16.3. The second-order valence-electron chi connectivity index (χ2n) is 12.2. The minimum Gasteiger partial charge on any atom is -0.468 e. The summed E-state index contributed by atoms with van der Waals surface area (Å²) in [5.74, 6) is 0.798. The number of nitrogens with one attached hydrogen (secondary N) is 1. The maximum Gasteiger partial charge on any atom is 0.333 e. The summed E-state index contributed by atoms with van der Waals surface area (Å²) in [6.45, 7) is 0.198. The van der Waals surface area contributed by atoms with Crippen LogP contribution in [0.3, 0.4) is 0 Å². The number of esters is 1. The van der Waals surface area contributed by atoms with Crippen LogP contribution in [-0.4, -0.2) is 52.4 Å². The van der Waals surface area contributed by atoms with Gasteiger partial charge in [0, 0.05) is 24.6 Å². The number of imidazole rings is 1. The zero-order valence-corrected chi connectivity index (χ0v) is 26.7. The lowest BCUT2D eigenvalue weighted by Crippen LogP contribution is -2.42. The van der Waals surface area contributed by atoms with Crippen molar-refractivity contribution in [2.45, 2.75) is 64.1 Å². The first-order chi connectivity index (χ1) is 23.5. The summed E-state index contributed by atoms with van der Waals surface area (Å²) >= 11 is 0. The number of aromatic nitrogens is 8. The van der Waals surface area contributed by atoms with Gasteiger partial charge < -0.3 is 9.30 Å². The van der Waals surface area contributed by atoms with E-state index in [1.54, 1.807) is 4.57 Å². The van der Waals surface area contributed by atoms with Crippen molar-refractivity contribution in [1.82, 2.24) is 39.3 Å². The minimum atomic E-state index is -0.668. The summed E-state index contributed by atoms with van der Waals surface area (Å²) in [5.41, 5.74) is 4.39. The highest BCUT2D eigenvalue weighted by Crippen LogP contribution is 2.34. The Hall–Kier alpha value is -5.65. The molecule has 0 spiro atoms. The number of ether oxygens (including phenoxy) is 1. The van der Waals surface area contributed by atoms with Gasteiger partial charge in [0.05, 0.1) is 7.11 Å². The number of aromatic amines is 1. The van der Waals surface area contributed by atoms with E-state index >= 15 is 0 Å². The van der Waals surface area contributed by atoms with E-state index in [-0.39, 0.29) is 5.92 Å². The van der Waals surface area contributed by atoms with Gasteiger partial charge in [0.1, 0.15) is 12.4 Å². The number of nitrogens with zero attached hydrogens (tertiary/aromatic N) is 7. The van der Waals surface area contributed by atoms with Crippen LogP contribution in [0.5, 0.6) is 0 Å². The molecule has 3 aromatic heterocycles. The predicted molar refractivity (Wildman–Crippen MR) is 180 cm³/mol. The Morgan fingerprint density at radius 3 is 2.29 bits per heavy atom. The highest BCUT2D eigenvalue weighted by atomic mass is 16.5. The number of tetrazole rings is 1. The van der Waals surface area contributed by atoms with Gasteiger partial charge >= 0.3 is 11.7 Å². The number of carbonyl (C=O) groups is 1. The molecule has 7 rings (SSSR count). The molecule has 12 heteroatoms. The third kappa shape index (κ3) is 6.08. The van der Waals surface area contributed by atoms with E-state index in [9.17, 15) is 14.4 Å². The van der Waals surface area contributed by atoms with E-state index in [1.165, 1.54) is 7.11 Å². The molecule has 48 heavy (non-hydrogen) atoms. The molecule has 6 aromatic rings. The lowest BCUT2D eigenvalue weighted by molar-refractivity contribution is -0.141. The van der Waals surface area contributed by atoms with Crippen molar-refractivity contribution in [2.75, 3.05) is 7.11 Å². The zero-order valence-electron chi connectivity index (χ0n) is 26.7. The van der Waals surface area contributed by atoms with E-state index in [0.29, 0.717) is 36.5 Å². The van der Waals surface area contributed by atoms with E-state index in [0.717, 1.165) is 70.3 Å². The van der Waals surface area contributed by atoms with Crippen LogP contribution < -0.4 is 11.2 Å². The van der Waals surface area contributed by atoms with Gasteiger partial charge in [-0.25, -0.2) is 14.3 Å². The van der Waals surface area contributed by atoms with Crippen LogP contribution >= 0.6 is 0 Å². The van der Waals surface area contributed by atoms with Crippen LogP contribution in [-0.2, 0) is 35.6 Å². The molecule has 1 saturated carbocycles. The van der Waals surface area contributed by atoms with Gasteiger partial charge in [0.25, 0.3) is 5.56 Å². The Bertz CT molecular complexity index is 2160. The van der Waals surface area contributed by atoms with Crippen LogP contribution in [0.4, 0.5) is 0 Å². The Morgan fingerprint density at radius 1 is 0.854 bits per heavy atom. The number of hydrogen-bond acceptors (Lipinski definition) is 8. The molecule has 0 bridgehead atoms. The summed E-state index contributed by atoms with van der Waals surface area (Å²) in [6, 6.07) is 25.9. The molecule has 0 radical (unpaired) electrons. The molecule has 1 fully saturated rings. The van der Waals surface area contributed by atoms with Crippen molar-refractivity contribution in [3.8, 4) is 22.5 Å². The Kier molecular flexibility index (Phi) is 8.78. The number of rotatable bonds is 10. The summed E-state index contributed by atoms with van der Waals surface area (Å²) in [7, 11) is 1.25. The first-order valence-corrected chi connectivity index (χ1v) is 16.3. The monoisotopic (exact) mass is 644 g/mol. The SMILES string of the molecule is COC(=O)Cn1c(=O)c2c(nc(C3CCCCC3)n2Cc2ccc(-c3ccccc3-c3nn[nH]n3)cc2)n(CCc2ccccc2)c1=O. The van der Waals surface area contributed by atoms with E-state index in [2.05, 4.69) is 20.6 Å². The molecule has 0 aliphatic heterocycles. The largest absolute Gasteiger partial charge is 0.468 e. The number of carbonyl (C=O) groups excluding carboxylic acids is 1. The molecular formula is C36H36N8O4. The second kappa shape index (κ2) is 13.6. The molecule has 0 amide bonds. The topological polar surface area (TPSA) is 143 Å². The molecule has 1 aliphatic carbocycles. The van der Waals surface area contributed by atoms with Gasteiger partial charge in [0.15, 0.2) is 11.2 Å². The molecule has 0 saturated heterocycles. The fraction of sp³-hybridized carbons (Fsp3) is 0.306. The van der Waals surface area contributed by atoms with Crippen LogP contribution in [0.15, 0.2) is 88.5 Å². The van der Waals surface area contributed by atoms with Gasteiger partial charge in [-0.3, -0.25) is 14.2 Å². The average Bonchev–Trinajstić information content (AvgIpc) is 3.80. The molecule has 3 heterocycles. The van der Waals surface area contributed by atoms with E-state index in [4.69, 9.17) is 9.72 Å². The Labute approximate surface area is 276 Å². The fourth-order valence-corrected chi connectivity index (χ4v) is 6.74. The van der Waals surface area contributed by atoms with Crippen LogP contribution in [0.25, 0.3) is 33.7 Å². The van der Waals surface area contributed by atoms with Gasteiger partial charge in [0.2, 0.25) is 5.82 Å². The molecule has 3 aromatic carbocycles. The third-order valence-electron chi connectivity index (χ3n) is 9.21. The van der Waals surface area contributed by atoms with Gasteiger partial charge in [-0.1, -0.05) is 98.1 Å². The van der Waals surface area contributed by atoms with Crippen LogP contribution in [0, 0.1) is 0 Å². The summed E-state index contributed by atoms with van der Waals surface area (Å²) < 4.78 is 9.38. The number of H-pyrrole nitrogens is 1. The minimum absolute atomic E-state index is 0.151. The standard InChI is InChI=1S/C36H36N8O4/c1-48-30(45)23-44-35(46)31-34(42(36(44)47)21-20-24-10-4-2-5-11-24)37-33(27-12-6-3-7-13-27)43(31)22-25-16-18-26(19-17-25)28-14-8-9-15-29(28)32-38-40-41-39-32/h2,4-5,8-11,14-19,27H,3,6-7,12-13,20-23H2,1H3,(H,38,39,40,41). The number of fused-ring (bicyclic) bond motifs is 1. The van der Waals surface area contributed by atoms with E-state index < -0.39 is 23.8 Å². The lowest BCUT2D eigenvalue weighted by Gasteiger charge is -2.22. The Balaban J connectivity index is 1.34. The predicted octanol–water partition coefficient (Wildman–Crippen LogP) is 4.72. The molecule has 1 N–H and O–H groups in total. The summed E-state index contributed by atoms with van der Waals surface area (Å²) in [5, 5.41) is 14.6. The number of aryl methyl sites for hydroxylation is 2. The van der Waals surface area contributed by atoms with Crippen LogP contribution in [0.1, 0.15) is 55.0 Å². The van der Waals surface area contributed by atoms with Crippen molar-refractivity contribution < 1.29 is 9.53 Å². The number of methoxy groups -OCH3 is 1. The molecule has 1 aliphatic rings. The maximum atomic E-state index is 14.2. The van der Waals surface area contributed by atoms with Gasteiger partial charge in [-0.15, -0.1) is 10.2 Å². The molecule has 0 unspecified atom stereocenters. The van der Waals surface area contributed by atoms with E-state index in [1.807, 2.05) is 83.4 Å². The number of benzene rings is 3. The normalized spacial score (nSPS) is 13.6. The highest BCUT2D eigenvalue weighted by Gasteiger charge is 2.28. The van der Waals surface area contributed by atoms with Crippen molar-refractivity contribution in [1.29, 1.82) is 0 Å². The molecule has 244 valence electrons. The summed E-state index contributed by atoms with van der Waals surface area (Å²) in [4.78, 5) is 45.6. The lowest BCUT2D eigenvalue weighted by atomic mass is 9.88. The third-order valence-corrected chi connectivity index (χ3v) is 9.21. The van der Waals surface area contributed by atoms with Crippen LogP contribution in [0.2, 0.25) is 0 Å². The quantitative estimate of drug-likeness (QED) is 0.211. The number of hydrogen-bond donors (Lipinski definition) is 1. The smallest absolute Gasteiger partial charge is 0.333 e. The zero-order chi connectivity index (χ0) is 33.0. The molecule has 12 nitrogen and oxygen atoms in total. The average molecular weight is 645 g/mol. The second-order valence-corrected chi connectivity index (χ2v) is 12.2. The molecular weight excluding hydrogens is 608 g/mol. The van der Waals surface area contributed by atoms with Crippen molar-refractivity contribution in [2.24, 2.45) is 0 Å². The van der Waals surface area contributed by atoms with Crippen molar-refractivity contribution in [3.63, 3.8) is 0 Å². The first kappa shape index (κ1) is 31.0. The highest BCUT2D eigenvalue weighted by molar-refractivity contribution is 5.80. The maximum absolute atomic E-state index is 14.2. The summed E-state index contributed by atoms with van der Waals surface area (Å²) in [6.07, 6.45) is 5.80. The van der Waals surface area contributed by atoms with Gasteiger partial charge in [-0.05, 0) is 46.7 Å². The van der Waals surface area contributed by atoms with Crippen molar-refractivity contribution in [3.05, 3.63) is 117 Å². The Morgan fingerprint density at radius 2 is 1.58 bits per heavy atom. The van der Waals surface area contributed by atoms with Crippen molar-refractivity contribution >= 4 is 17.1 Å². The molecule has 0 atom stereocenters. The fourth-order valence-electron chi connectivity index (χ4n) is 6.74.